The molecule has 1 aromatic carbocycles. The first-order chi connectivity index (χ1) is 12.9. The van der Waals surface area contributed by atoms with E-state index >= 15 is 0 Å². The maximum atomic E-state index is 6.16. The minimum atomic E-state index is 0.292. The molecule has 0 aliphatic carbocycles. The number of piperazine rings is 1. The lowest BCUT2D eigenvalue weighted by Gasteiger charge is -2.42. The van der Waals surface area contributed by atoms with Gasteiger partial charge < -0.3 is 9.80 Å². The third-order valence-electron chi connectivity index (χ3n) is 4.95. The van der Waals surface area contributed by atoms with Crippen LogP contribution in [-0.4, -0.2) is 40.6 Å². The number of hydrogen-bond donors (Lipinski definition) is 0. The molecule has 0 radical (unpaired) electrons. The van der Waals surface area contributed by atoms with Gasteiger partial charge >= 0.3 is 0 Å². The third kappa shape index (κ3) is 3.66. The first-order valence-corrected chi connectivity index (χ1v) is 9.76. The van der Waals surface area contributed by atoms with Crippen molar-refractivity contribution < 1.29 is 0 Å². The Morgan fingerprint density at radius 3 is 2.48 bits per heavy atom. The summed E-state index contributed by atoms with van der Waals surface area (Å²) in [5.74, 6) is 0.891. The van der Waals surface area contributed by atoms with Gasteiger partial charge in [-0.15, -0.1) is 0 Å². The van der Waals surface area contributed by atoms with Gasteiger partial charge in [-0.3, -0.25) is 4.98 Å². The minimum absolute atomic E-state index is 0.292. The first-order valence-electron chi connectivity index (χ1n) is 9.00. The fourth-order valence-corrected chi connectivity index (χ4v) is 4.14. The van der Waals surface area contributed by atoms with Crippen LogP contribution in [0.4, 0.5) is 11.5 Å². The highest BCUT2D eigenvalue weighted by molar-refractivity contribution is 6.31. The number of pyridine rings is 1. The van der Waals surface area contributed by atoms with Gasteiger partial charge in [-0.25, -0.2) is 9.97 Å². The van der Waals surface area contributed by atoms with Crippen molar-refractivity contribution in [3.05, 3.63) is 52.0 Å². The van der Waals surface area contributed by atoms with Crippen LogP contribution in [0, 0.1) is 13.8 Å². The number of aryl methyl sites for hydroxylation is 2. The molecule has 27 heavy (non-hydrogen) atoms. The van der Waals surface area contributed by atoms with Crippen molar-refractivity contribution in [2.45, 2.75) is 26.8 Å². The second kappa shape index (κ2) is 7.13. The Labute approximate surface area is 169 Å². The zero-order valence-electron chi connectivity index (χ0n) is 15.6. The van der Waals surface area contributed by atoms with E-state index in [4.69, 9.17) is 23.2 Å². The van der Waals surface area contributed by atoms with Gasteiger partial charge in [0.25, 0.3) is 0 Å². The number of fused-ring (bicyclic) bond motifs is 1. The van der Waals surface area contributed by atoms with Crippen molar-refractivity contribution in [2.24, 2.45) is 0 Å². The summed E-state index contributed by atoms with van der Waals surface area (Å²) in [4.78, 5) is 17.9. The van der Waals surface area contributed by atoms with E-state index in [2.05, 4.69) is 43.8 Å². The van der Waals surface area contributed by atoms with Crippen LogP contribution < -0.4 is 9.80 Å². The first kappa shape index (κ1) is 18.3. The van der Waals surface area contributed by atoms with E-state index in [0.717, 1.165) is 47.7 Å². The highest BCUT2D eigenvalue weighted by Gasteiger charge is 2.26. The molecule has 0 spiro atoms. The molecule has 0 amide bonds. The number of hydrogen-bond acceptors (Lipinski definition) is 5. The smallest absolute Gasteiger partial charge is 0.224 e. The lowest BCUT2D eigenvalue weighted by atomic mass is 10.1. The molecule has 1 fully saturated rings. The molecule has 0 bridgehead atoms. The summed E-state index contributed by atoms with van der Waals surface area (Å²) >= 11 is 12.2. The predicted octanol–water partition coefficient (Wildman–Crippen LogP) is 4.66. The molecule has 3 heterocycles. The fraction of sp³-hybridized carbons (Fsp3) is 0.350. The van der Waals surface area contributed by atoms with E-state index in [-0.39, 0.29) is 0 Å². The van der Waals surface area contributed by atoms with Crippen LogP contribution in [-0.2, 0) is 0 Å². The monoisotopic (exact) mass is 401 g/mol. The quantitative estimate of drug-likeness (QED) is 0.584. The van der Waals surface area contributed by atoms with Gasteiger partial charge in [0.1, 0.15) is 5.82 Å². The van der Waals surface area contributed by atoms with E-state index in [0.29, 0.717) is 16.3 Å². The van der Waals surface area contributed by atoms with Gasteiger partial charge in [-0.05, 0) is 56.6 Å². The van der Waals surface area contributed by atoms with Crippen molar-refractivity contribution in [3.8, 4) is 0 Å². The molecule has 140 valence electrons. The van der Waals surface area contributed by atoms with Crippen LogP contribution in [0.1, 0.15) is 18.3 Å². The lowest BCUT2D eigenvalue weighted by Crippen LogP contribution is -2.52. The Hall–Kier alpha value is -2.11. The SMILES string of the molecule is Cc1cc(N2CCN(c3cc(C)nc4cc(Cl)ccc34)CC2C)nc(Cl)n1. The number of aromatic nitrogens is 3. The van der Waals surface area contributed by atoms with Gasteiger partial charge in [0.2, 0.25) is 5.28 Å². The molecule has 5 nitrogen and oxygen atoms in total. The zero-order chi connectivity index (χ0) is 19.1. The summed E-state index contributed by atoms with van der Waals surface area (Å²) in [7, 11) is 0. The standard InChI is InChI=1S/C20H21Cl2N5/c1-12-8-18(16-5-4-15(21)10-17(16)23-12)26-6-7-27(14(3)11-26)19-9-13(2)24-20(22)25-19/h4-5,8-10,14H,6-7,11H2,1-3H3. The second-order valence-electron chi connectivity index (χ2n) is 7.07. The van der Waals surface area contributed by atoms with Crippen LogP contribution in [0.15, 0.2) is 30.3 Å². The number of nitrogens with zero attached hydrogens (tertiary/aromatic N) is 5. The van der Waals surface area contributed by atoms with E-state index in [9.17, 15) is 0 Å². The molecule has 1 atom stereocenters. The minimum Gasteiger partial charge on any atom is -0.367 e. The summed E-state index contributed by atoms with van der Waals surface area (Å²) in [6.45, 7) is 8.83. The highest BCUT2D eigenvalue weighted by atomic mass is 35.5. The maximum absolute atomic E-state index is 6.16. The average molecular weight is 402 g/mol. The molecule has 1 aliphatic rings. The topological polar surface area (TPSA) is 45.2 Å². The van der Waals surface area contributed by atoms with E-state index < -0.39 is 0 Å². The van der Waals surface area contributed by atoms with Crippen molar-refractivity contribution >= 4 is 45.6 Å². The van der Waals surface area contributed by atoms with Crippen LogP contribution in [0.25, 0.3) is 10.9 Å². The van der Waals surface area contributed by atoms with E-state index in [1.807, 2.05) is 32.0 Å². The number of benzene rings is 1. The molecular weight excluding hydrogens is 381 g/mol. The molecule has 1 saturated heterocycles. The van der Waals surface area contributed by atoms with Crippen LogP contribution >= 0.6 is 23.2 Å². The Bertz CT molecular complexity index is 982. The molecule has 3 aromatic rings. The largest absolute Gasteiger partial charge is 0.367 e. The summed E-state index contributed by atoms with van der Waals surface area (Å²) in [6, 6.07) is 10.4. The number of anilines is 2. The lowest BCUT2D eigenvalue weighted by molar-refractivity contribution is 0.546. The van der Waals surface area contributed by atoms with Gasteiger partial charge in [-0.1, -0.05) is 11.6 Å². The number of halogens is 2. The maximum Gasteiger partial charge on any atom is 0.224 e. The van der Waals surface area contributed by atoms with Crippen LogP contribution in [0.2, 0.25) is 10.3 Å². The van der Waals surface area contributed by atoms with Gasteiger partial charge in [0, 0.05) is 59.2 Å². The fourth-order valence-electron chi connectivity index (χ4n) is 3.75. The average Bonchev–Trinajstić information content (AvgIpc) is 2.59. The highest BCUT2D eigenvalue weighted by Crippen LogP contribution is 2.31. The summed E-state index contributed by atoms with van der Waals surface area (Å²) in [5, 5.41) is 2.14. The van der Waals surface area contributed by atoms with Gasteiger partial charge in [-0.2, -0.15) is 0 Å². The van der Waals surface area contributed by atoms with Gasteiger partial charge in [0.05, 0.1) is 5.52 Å². The molecule has 0 N–H and O–H groups in total. The van der Waals surface area contributed by atoms with Crippen molar-refractivity contribution in [3.63, 3.8) is 0 Å². The molecule has 1 aliphatic heterocycles. The Kier molecular flexibility index (Phi) is 4.82. The summed E-state index contributed by atoms with van der Waals surface area (Å²) < 4.78 is 0. The third-order valence-corrected chi connectivity index (χ3v) is 5.36. The molecular formula is C20H21Cl2N5. The molecule has 7 heteroatoms. The Morgan fingerprint density at radius 1 is 0.963 bits per heavy atom. The van der Waals surface area contributed by atoms with Crippen molar-refractivity contribution in [1.82, 2.24) is 15.0 Å². The second-order valence-corrected chi connectivity index (χ2v) is 7.84. The zero-order valence-corrected chi connectivity index (χ0v) is 17.1. The molecule has 4 rings (SSSR count). The summed E-state index contributed by atoms with van der Waals surface area (Å²) in [6.07, 6.45) is 0. The number of rotatable bonds is 2. The van der Waals surface area contributed by atoms with Crippen LogP contribution in [0.5, 0.6) is 0 Å². The summed E-state index contributed by atoms with van der Waals surface area (Å²) in [5.41, 5.74) is 4.02. The molecule has 0 saturated carbocycles. The van der Waals surface area contributed by atoms with Gasteiger partial charge in [0.15, 0.2) is 0 Å². The van der Waals surface area contributed by atoms with Crippen LogP contribution in [0.3, 0.4) is 0 Å². The molecule has 2 aromatic heterocycles. The Morgan fingerprint density at radius 2 is 1.74 bits per heavy atom. The van der Waals surface area contributed by atoms with Crippen molar-refractivity contribution in [1.29, 1.82) is 0 Å². The van der Waals surface area contributed by atoms with E-state index in [1.165, 1.54) is 5.69 Å². The van der Waals surface area contributed by atoms with E-state index in [1.54, 1.807) is 0 Å². The normalized spacial score (nSPS) is 17.6. The Balaban J connectivity index is 1.64. The molecule has 1 unspecified atom stereocenters. The van der Waals surface area contributed by atoms with Crippen molar-refractivity contribution in [2.75, 3.05) is 29.4 Å². The predicted molar refractivity (Wildman–Crippen MR) is 112 cm³/mol.